The van der Waals surface area contributed by atoms with Gasteiger partial charge < -0.3 is 9.84 Å². The van der Waals surface area contributed by atoms with Crippen molar-refractivity contribution in [2.45, 2.75) is 38.4 Å². The van der Waals surface area contributed by atoms with Crippen LogP contribution in [-0.2, 0) is 0 Å². The molecule has 1 aliphatic rings. The van der Waals surface area contributed by atoms with E-state index in [9.17, 15) is 9.90 Å². The number of aliphatic hydroxyl groups is 1. The first kappa shape index (κ1) is 11.1. The molecule has 0 aromatic heterocycles. The molecule has 0 bridgehead atoms. The van der Waals surface area contributed by atoms with Crippen LogP contribution in [0.5, 0.6) is 5.75 Å². The molecule has 2 rings (SSSR count). The fraction of sp³-hybridized carbons (Fsp3) is 0.462. The SMILES string of the molecule is CC(=O)c1cccc(OC2CCCC2O)c1. The Morgan fingerprint density at radius 1 is 1.44 bits per heavy atom. The lowest BCUT2D eigenvalue weighted by Crippen LogP contribution is -2.25. The van der Waals surface area contributed by atoms with Gasteiger partial charge in [-0.05, 0) is 38.3 Å². The van der Waals surface area contributed by atoms with E-state index in [1.165, 1.54) is 6.92 Å². The Morgan fingerprint density at radius 3 is 2.88 bits per heavy atom. The van der Waals surface area contributed by atoms with E-state index in [-0.39, 0.29) is 18.0 Å². The second kappa shape index (κ2) is 4.66. The smallest absolute Gasteiger partial charge is 0.159 e. The topological polar surface area (TPSA) is 46.5 Å². The summed E-state index contributed by atoms with van der Waals surface area (Å²) in [6.45, 7) is 1.53. The van der Waals surface area contributed by atoms with Gasteiger partial charge in [0.05, 0.1) is 6.10 Å². The summed E-state index contributed by atoms with van der Waals surface area (Å²) in [5, 5.41) is 9.64. The highest BCUT2D eigenvalue weighted by atomic mass is 16.5. The van der Waals surface area contributed by atoms with Gasteiger partial charge in [-0.2, -0.15) is 0 Å². The van der Waals surface area contributed by atoms with Crippen LogP contribution >= 0.6 is 0 Å². The molecule has 0 heterocycles. The van der Waals surface area contributed by atoms with Crippen LogP contribution in [0.15, 0.2) is 24.3 Å². The van der Waals surface area contributed by atoms with Crippen molar-refractivity contribution in [1.29, 1.82) is 0 Å². The average Bonchev–Trinajstić information content (AvgIpc) is 2.65. The zero-order valence-corrected chi connectivity index (χ0v) is 9.35. The molecule has 0 aliphatic heterocycles. The van der Waals surface area contributed by atoms with Gasteiger partial charge in [-0.1, -0.05) is 12.1 Å². The molecule has 0 saturated heterocycles. The van der Waals surface area contributed by atoms with Crippen molar-refractivity contribution in [2.24, 2.45) is 0 Å². The Morgan fingerprint density at radius 2 is 2.25 bits per heavy atom. The second-order valence-electron chi connectivity index (χ2n) is 4.24. The Balaban J connectivity index is 2.09. The van der Waals surface area contributed by atoms with Gasteiger partial charge in [0.1, 0.15) is 11.9 Å². The number of Topliss-reactive ketones (excluding diaryl/α,β-unsaturated/α-hetero) is 1. The first-order valence-electron chi connectivity index (χ1n) is 5.62. The molecular weight excluding hydrogens is 204 g/mol. The van der Waals surface area contributed by atoms with Crippen molar-refractivity contribution in [1.82, 2.24) is 0 Å². The normalized spacial score (nSPS) is 24.4. The van der Waals surface area contributed by atoms with Gasteiger partial charge in [-0.3, -0.25) is 4.79 Å². The first-order valence-corrected chi connectivity index (χ1v) is 5.62. The van der Waals surface area contributed by atoms with E-state index in [0.29, 0.717) is 11.3 Å². The maximum Gasteiger partial charge on any atom is 0.159 e. The highest BCUT2D eigenvalue weighted by Gasteiger charge is 2.26. The summed E-state index contributed by atoms with van der Waals surface area (Å²) in [4.78, 5) is 11.2. The standard InChI is InChI=1S/C13H16O3/c1-9(14)10-4-2-5-11(8-10)16-13-7-3-6-12(13)15/h2,4-5,8,12-13,15H,3,6-7H2,1H3. The lowest BCUT2D eigenvalue weighted by atomic mass is 10.1. The molecule has 3 heteroatoms. The number of benzene rings is 1. The van der Waals surface area contributed by atoms with Crippen molar-refractivity contribution in [3.63, 3.8) is 0 Å². The summed E-state index contributed by atoms with van der Waals surface area (Å²) in [6.07, 6.45) is 2.18. The van der Waals surface area contributed by atoms with Gasteiger partial charge in [0.2, 0.25) is 0 Å². The third-order valence-electron chi connectivity index (χ3n) is 2.95. The molecule has 3 nitrogen and oxygen atoms in total. The zero-order chi connectivity index (χ0) is 11.5. The molecule has 1 aromatic carbocycles. The number of aliphatic hydroxyl groups excluding tert-OH is 1. The van der Waals surface area contributed by atoms with Crippen LogP contribution in [-0.4, -0.2) is 23.1 Å². The maximum atomic E-state index is 11.2. The molecule has 86 valence electrons. The summed E-state index contributed by atoms with van der Waals surface area (Å²) in [6, 6.07) is 7.11. The zero-order valence-electron chi connectivity index (χ0n) is 9.35. The molecule has 1 aromatic rings. The summed E-state index contributed by atoms with van der Waals surface area (Å²) in [7, 11) is 0. The molecule has 2 unspecified atom stereocenters. The fourth-order valence-corrected chi connectivity index (χ4v) is 2.01. The summed E-state index contributed by atoms with van der Waals surface area (Å²) >= 11 is 0. The van der Waals surface area contributed by atoms with Crippen molar-refractivity contribution < 1.29 is 14.6 Å². The van der Waals surface area contributed by atoms with Crippen molar-refractivity contribution >= 4 is 5.78 Å². The lowest BCUT2D eigenvalue weighted by molar-refractivity contribution is 0.0603. The van der Waals surface area contributed by atoms with Gasteiger partial charge >= 0.3 is 0 Å². The van der Waals surface area contributed by atoms with Gasteiger partial charge in [-0.15, -0.1) is 0 Å². The van der Waals surface area contributed by atoms with Crippen LogP contribution in [0.4, 0.5) is 0 Å². The first-order chi connectivity index (χ1) is 7.66. The molecule has 1 aliphatic carbocycles. The highest BCUT2D eigenvalue weighted by molar-refractivity contribution is 5.94. The number of ketones is 1. The van der Waals surface area contributed by atoms with Crippen LogP contribution in [0.2, 0.25) is 0 Å². The number of carbonyl (C=O) groups excluding carboxylic acids is 1. The number of hydrogen-bond acceptors (Lipinski definition) is 3. The minimum atomic E-state index is -0.374. The third kappa shape index (κ3) is 2.42. The van der Waals surface area contributed by atoms with E-state index in [1.807, 2.05) is 6.07 Å². The molecule has 0 spiro atoms. The number of hydrogen-bond donors (Lipinski definition) is 1. The maximum absolute atomic E-state index is 11.2. The molecule has 0 amide bonds. The largest absolute Gasteiger partial charge is 0.488 e. The molecule has 1 fully saturated rings. The lowest BCUT2D eigenvalue weighted by Gasteiger charge is -2.17. The second-order valence-corrected chi connectivity index (χ2v) is 4.24. The Bertz CT molecular complexity index is 387. The van der Waals surface area contributed by atoms with Gasteiger partial charge in [0, 0.05) is 5.56 Å². The summed E-state index contributed by atoms with van der Waals surface area (Å²) in [5.41, 5.74) is 0.644. The van der Waals surface area contributed by atoms with Crippen molar-refractivity contribution in [3.8, 4) is 5.75 Å². The Hall–Kier alpha value is -1.35. The van der Waals surface area contributed by atoms with Crippen molar-refractivity contribution in [2.75, 3.05) is 0 Å². The minimum Gasteiger partial charge on any atom is -0.488 e. The van der Waals surface area contributed by atoms with Crippen molar-refractivity contribution in [3.05, 3.63) is 29.8 Å². The Labute approximate surface area is 95.0 Å². The van der Waals surface area contributed by atoms with Crippen LogP contribution in [0, 0.1) is 0 Å². The number of rotatable bonds is 3. The Kier molecular flexibility index (Phi) is 3.25. The van der Waals surface area contributed by atoms with Crippen LogP contribution < -0.4 is 4.74 Å². The fourth-order valence-electron chi connectivity index (χ4n) is 2.01. The summed E-state index contributed by atoms with van der Waals surface area (Å²) in [5.74, 6) is 0.691. The molecule has 1 N–H and O–H groups in total. The minimum absolute atomic E-state index is 0.0254. The van der Waals surface area contributed by atoms with Crippen LogP contribution in [0.1, 0.15) is 36.5 Å². The number of carbonyl (C=O) groups is 1. The van der Waals surface area contributed by atoms with Gasteiger partial charge in [0.15, 0.2) is 5.78 Å². The quantitative estimate of drug-likeness (QED) is 0.794. The van der Waals surface area contributed by atoms with E-state index >= 15 is 0 Å². The predicted molar refractivity (Wildman–Crippen MR) is 60.7 cm³/mol. The molecular formula is C13H16O3. The summed E-state index contributed by atoms with van der Waals surface area (Å²) < 4.78 is 5.68. The molecule has 1 saturated carbocycles. The number of ether oxygens (including phenoxy) is 1. The third-order valence-corrected chi connectivity index (χ3v) is 2.95. The highest BCUT2D eigenvalue weighted by Crippen LogP contribution is 2.25. The van der Waals surface area contributed by atoms with E-state index in [4.69, 9.17) is 4.74 Å². The van der Waals surface area contributed by atoms with Gasteiger partial charge in [0.25, 0.3) is 0 Å². The average molecular weight is 220 g/mol. The van der Waals surface area contributed by atoms with E-state index in [1.54, 1.807) is 18.2 Å². The van der Waals surface area contributed by atoms with Crippen LogP contribution in [0.25, 0.3) is 0 Å². The van der Waals surface area contributed by atoms with Gasteiger partial charge in [-0.25, -0.2) is 0 Å². The monoisotopic (exact) mass is 220 g/mol. The van der Waals surface area contributed by atoms with E-state index in [2.05, 4.69) is 0 Å². The van der Waals surface area contributed by atoms with E-state index < -0.39 is 0 Å². The molecule has 2 atom stereocenters. The molecule has 16 heavy (non-hydrogen) atoms. The predicted octanol–water partition coefficient (Wildman–Crippen LogP) is 2.18. The van der Waals surface area contributed by atoms with E-state index in [0.717, 1.165) is 19.3 Å². The molecule has 0 radical (unpaired) electrons. The van der Waals surface area contributed by atoms with Crippen LogP contribution in [0.3, 0.4) is 0 Å².